The highest BCUT2D eigenvalue weighted by Crippen LogP contribution is 2.14. The molecule has 0 spiro atoms. The molecule has 0 aliphatic rings. The fraction of sp³-hybridized carbons (Fsp3) is 0.200. The Morgan fingerprint density at radius 3 is 2.24 bits per heavy atom. The van der Waals surface area contributed by atoms with E-state index >= 15 is 0 Å². The summed E-state index contributed by atoms with van der Waals surface area (Å²) in [5.74, 6) is -1.51. The zero-order chi connectivity index (χ0) is 18.7. The van der Waals surface area contributed by atoms with Gasteiger partial charge >= 0.3 is 11.7 Å². The van der Waals surface area contributed by atoms with Crippen LogP contribution in [-0.2, 0) is 23.6 Å². The number of nitrogens with one attached hydrogen (secondary N) is 1. The van der Waals surface area contributed by atoms with Crippen LogP contribution in [0.2, 0.25) is 0 Å². The summed E-state index contributed by atoms with van der Waals surface area (Å²) < 4.78 is 6.84. The van der Waals surface area contributed by atoms with E-state index in [2.05, 4.69) is 5.32 Å². The number of ether oxygens (including phenoxy) is 1. The van der Waals surface area contributed by atoms with Crippen molar-refractivity contribution in [2.24, 2.45) is 14.1 Å². The number of amides is 1. The second-order valence-electron chi connectivity index (χ2n) is 5.28. The summed E-state index contributed by atoms with van der Waals surface area (Å²) in [7, 11) is 2.70. The van der Waals surface area contributed by atoms with Gasteiger partial charge in [0.15, 0.2) is 6.61 Å². The van der Waals surface area contributed by atoms with Crippen molar-refractivity contribution < 1.29 is 14.3 Å². The predicted molar refractivity (Wildman–Crippen MR) is 91.1 cm³/mol. The predicted octanol–water partition coefficient (Wildman–Crippen LogP) is -0.956. The molecule has 0 saturated heterocycles. The zero-order valence-corrected chi connectivity index (χ0v) is 13.6. The average Bonchev–Trinajstić information content (AvgIpc) is 2.54. The number of esters is 1. The third kappa shape index (κ3) is 4.05. The van der Waals surface area contributed by atoms with Gasteiger partial charge in [-0.3, -0.25) is 18.7 Å². The highest BCUT2D eigenvalue weighted by Gasteiger charge is 2.13. The molecular weight excluding hydrogens is 330 g/mol. The second kappa shape index (κ2) is 6.91. The molecule has 2 rings (SSSR count). The maximum atomic E-state index is 11.9. The number of carbonyl (C=O) groups is 2. The lowest BCUT2D eigenvalue weighted by atomic mass is 10.2. The molecule has 25 heavy (non-hydrogen) atoms. The quantitative estimate of drug-likeness (QED) is 0.476. The number of rotatable bonds is 4. The summed E-state index contributed by atoms with van der Waals surface area (Å²) in [4.78, 5) is 47.2. The third-order valence-electron chi connectivity index (χ3n) is 3.34. The van der Waals surface area contributed by atoms with Crippen LogP contribution in [-0.4, -0.2) is 27.6 Å². The number of carbonyl (C=O) groups excluding carboxylic acids is 2. The van der Waals surface area contributed by atoms with E-state index < -0.39 is 29.7 Å². The second-order valence-corrected chi connectivity index (χ2v) is 5.28. The normalized spacial score (nSPS) is 10.3. The highest BCUT2D eigenvalue weighted by molar-refractivity contribution is 5.96. The summed E-state index contributed by atoms with van der Waals surface area (Å²) in [5.41, 5.74) is 10.7. The van der Waals surface area contributed by atoms with Crippen molar-refractivity contribution in [2.75, 3.05) is 23.4 Å². The first-order valence-electron chi connectivity index (χ1n) is 7.09. The lowest BCUT2D eigenvalue weighted by Gasteiger charge is -2.11. The van der Waals surface area contributed by atoms with Gasteiger partial charge in [0, 0.05) is 31.5 Å². The number of nitrogens with two attached hydrogens (primary N) is 2. The van der Waals surface area contributed by atoms with Crippen molar-refractivity contribution in [1.82, 2.24) is 9.13 Å². The number of benzene rings is 1. The Balaban J connectivity index is 2.05. The van der Waals surface area contributed by atoms with Crippen LogP contribution in [0, 0.1) is 0 Å². The molecule has 10 nitrogen and oxygen atoms in total. The molecule has 0 unspecified atom stereocenters. The van der Waals surface area contributed by atoms with Gasteiger partial charge < -0.3 is 21.5 Å². The maximum Gasteiger partial charge on any atom is 0.338 e. The first kappa shape index (κ1) is 17.8. The molecule has 0 radical (unpaired) electrons. The van der Waals surface area contributed by atoms with E-state index in [-0.39, 0.29) is 22.8 Å². The van der Waals surface area contributed by atoms with Gasteiger partial charge in [-0.15, -0.1) is 0 Å². The van der Waals surface area contributed by atoms with Crippen LogP contribution in [0.4, 0.5) is 17.2 Å². The molecule has 1 heterocycles. The Kier molecular flexibility index (Phi) is 4.92. The molecule has 0 saturated carbocycles. The van der Waals surface area contributed by atoms with Crippen LogP contribution in [0.1, 0.15) is 10.4 Å². The van der Waals surface area contributed by atoms with Gasteiger partial charge in [-0.1, -0.05) is 0 Å². The Morgan fingerprint density at radius 2 is 1.64 bits per heavy atom. The lowest BCUT2D eigenvalue weighted by molar-refractivity contribution is -0.119. The van der Waals surface area contributed by atoms with Crippen molar-refractivity contribution in [2.45, 2.75) is 0 Å². The van der Waals surface area contributed by atoms with Crippen LogP contribution in [0.3, 0.4) is 0 Å². The molecule has 1 aromatic heterocycles. The number of hydrogen-bond acceptors (Lipinski definition) is 7. The average molecular weight is 347 g/mol. The maximum absolute atomic E-state index is 11.9. The Bertz CT molecular complexity index is 940. The van der Waals surface area contributed by atoms with E-state index in [0.29, 0.717) is 0 Å². The number of nitrogens with zero attached hydrogens (tertiary/aromatic N) is 2. The summed E-state index contributed by atoms with van der Waals surface area (Å²) in [6.45, 7) is -0.614. The first-order valence-corrected chi connectivity index (χ1v) is 7.09. The Hall–Kier alpha value is -3.56. The number of hydrogen-bond donors (Lipinski definition) is 3. The fourth-order valence-corrected chi connectivity index (χ4v) is 2.04. The smallest absolute Gasteiger partial charge is 0.338 e. The molecule has 0 aliphatic heterocycles. The molecule has 2 aromatic rings. The van der Waals surface area contributed by atoms with Gasteiger partial charge in [0.25, 0.3) is 11.5 Å². The van der Waals surface area contributed by atoms with E-state index in [9.17, 15) is 19.2 Å². The molecule has 0 atom stereocenters. The molecule has 0 aliphatic carbocycles. The largest absolute Gasteiger partial charge is 0.452 e. The topological polar surface area (TPSA) is 151 Å². The third-order valence-corrected chi connectivity index (χ3v) is 3.34. The molecule has 1 aromatic carbocycles. The van der Waals surface area contributed by atoms with Crippen LogP contribution < -0.4 is 28.0 Å². The number of aromatic nitrogens is 2. The van der Waals surface area contributed by atoms with Gasteiger partial charge in [0.2, 0.25) is 0 Å². The number of nitrogen functional groups attached to an aromatic ring is 2. The highest BCUT2D eigenvalue weighted by atomic mass is 16.5. The summed E-state index contributed by atoms with van der Waals surface area (Å²) in [6, 6.07) is 5.28. The monoisotopic (exact) mass is 347 g/mol. The molecule has 132 valence electrons. The van der Waals surface area contributed by atoms with E-state index in [4.69, 9.17) is 16.2 Å². The van der Waals surface area contributed by atoms with Gasteiger partial charge in [-0.25, -0.2) is 9.59 Å². The van der Waals surface area contributed by atoms with E-state index in [1.165, 1.54) is 32.3 Å². The molecular formula is C15H17N5O5. The van der Waals surface area contributed by atoms with Crippen LogP contribution in [0.25, 0.3) is 0 Å². The van der Waals surface area contributed by atoms with Crippen molar-refractivity contribution in [3.8, 4) is 0 Å². The van der Waals surface area contributed by atoms with Crippen molar-refractivity contribution in [1.29, 1.82) is 0 Å². The molecule has 0 bridgehead atoms. The Morgan fingerprint density at radius 1 is 1.04 bits per heavy atom. The van der Waals surface area contributed by atoms with Crippen LogP contribution in [0.15, 0.2) is 33.9 Å². The molecule has 10 heteroatoms. The van der Waals surface area contributed by atoms with E-state index in [1.807, 2.05) is 0 Å². The van der Waals surface area contributed by atoms with Gasteiger partial charge in [-0.05, 0) is 18.2 Å². The minimum atomic E-state index is -0.785. The Labute approximate surface area is 141 Å². The lowest BCUT2D eigenvalue weighted by Crippen LogP contribution is -2.38. The number of anilines is 3. The molecule has 5 N–H and O–H groups in total. The minimum absolute atomic E-state index is 0.0117. The first-order chi connectivity index (χ1) is 11.7. The van der Waals surface area contributed by atoms with Gasteiger partial charge in [0.1, 0.15) is 5.82 Å². The zero-order valence-electron chi connectivity index (χ0n) is 13.6. The van der Waals surface area contributed by atoms with Crippen molar-refractivity contribution in [3.05, 3.63) is 50.7 Å². The van der Waals surface area contributed by atoms with Gasteiger partial charge in [-0.2, -0.15) is 0 Å². The van der Waals surface area contributed by atoms with Crippen LogP contribution in [0.5, 0.6) is 0 Å². The standard InChI is InChI=1S/C15H17N5O5/c1-19-11(6-13(22)20(2)15(19)24)18-12(21)7-25-14(23)8-3-9(16)5-10(17)4-8/h3-6H,7,16-17H2,1-2H3,(H,18,21). The van der Waals surface area contributed by atoms with Gasteiger partial charge in [0.05, 0.1) is 5.56 Å². The summed E-state index contributed by atoms with van der Waals surface area (Å²) in [5, 5.41) is 2.33. The van der Waals surface area contributed by atoms with Crippen LogP contribution >= 0.6 is 0 Å². The van der Waals surface area contributed by atoms with E-state index in [0.717, 1.165) is 15.2 Å². The van der Waals surface area contributed by atoms with E-state index in [1.54, 1.807) is 0 Å². The summed E-state index contributed by atoms with van der Waals surface area (Å²) in [6.07, 6.45) is 0. The SMILES string of the molecule is Cn1c(NC(=O)COC(=O)c2cc(N)cc(N)c2)cc(=O)n(C)c1=O. The van der Waals surface area contributed by atoms with Crippen molar-refractivity contribution >= 4 is 29.1 Å². The molecule has 1 amide bonds. The van der Waals surface area contributed by atoms with Crippen molar-refractivity contribution in [3.63, 3.8) is 0 Å². The molecule has 0 fully saturated rings. The fourth-order valence-electron chi connectivity index (χ4n) is 2.04. The summed E-state index contributed by atoms with van der Waals surface area (Å²) >= 11 is 0. The minimum Gasteiger partial charge on any atom is -0.452 e.